The van der Waals surface area contributed by atoms with Gasteiger partial charge in [-0.05, 0) is 12.0 Å². The Morgan fingerprint density at radius 3 is 2.86 bits per heavy atom. The lowest BCUT2D eigenvalue weighted by Gasteiger charge is -2.03. The second-order valence-corrected chi connectivity index (χ2v) is 4.69. The minimum absolute atomic E-state index is 0.244. The molecule has 0 atom stereocenters. The molecule has 0 aromatic carbocycles. The number of hydrogen-bond acceptors (Lipinski definition) is 6. The highest BCUT2D eigenvalue weighted by atomic mass is 35.5. The van der Waals surface area contributed by atoms with Crippen LogP contribution in [-0.2, 0) is 16.1 Å². The normalized spacial score (nSPS) is 10.3. The lowest BCUT2D eigenvalue weighted by Crippen LogP contribution is -2.38. The smallest absolute Gasteiger partial charge is 0.312 e. The third kappa shape index (κ3) is 4.11. The first kappa shape index (κ1) is 16.1. The molecule has 8 heteroatoms. The van der Waals surface area contributed by atoms with E-state index in [0.29, 0.717) is 29.9 Å². The van der Waals surface area contributed by atoms with Crippen LogP contribution in [0.3, 0.4) is 0 Å². The van der Waals surface area contributed by atoms with E-state index in [1.807, 2.05) is 0 Å². The molecule has 0 aliphatic heterocycles. The highest BCUT2D eigenvalue weighted by Crippen LogP contribution is 2.23. The SMILES string of the molecule is CCOC(=O)CC[n+]1ccc(-c2ncc(Cl)c(OC)n2)cn1. The Hall–Kier alpha value is -2.28. The fraction of sp³-hybridized carbons (Fsp3) is 0.357. The van der Waals surface area contributed by atoms with Gasteiger partial charge in [-0.15, -0.1) is 0 Å². The number of methoxy groups -OCH3 is 1. The first-order valence-corrected chi connectivity index (χ1v) is 7.10. The molecule has 2 heterocycles. The van der Waals surface area contributed by atoms with Crippen LogP contribution in [0.1, 0.15) is 13.3 Å². The molecule has 0 aliphatic carbocycles. The van der Waals surface area contributed by atoms with Crippen molar-refractivity contribution in [1.29, 1.82) is 0 Å². The number of rotatable bonds is 6. The minimum Gasteiger partial charge on any atom is -0.480 e. The molecule has 0 saturated heterocycles. The van der Waals surface area contributed by atoms with Crippen molar-refractivity contribution >= 4 is 17.6 Å². The van der Waals surface area contributed by atoms with E-state index in [1.54, 1.807) is 30.1 Å². The lowest BCUT2D eigenvalue weighted by atomic mass is 10.3. The van der Waals surface area contributed by atoms with Gasteiger partial charge in [0.1, 0.15) is 17.6 Å². The minimum atomic E-state index is -0.244. The van der Waals surface area contributed by atoms with Gasteiger partial charge in [0.15, 0.2) is 18.6 Å². The van der Waals surface area contributed by atoms with Gasteiger partial charge in [-0.25, -0.2) is 4.98 Å². The molecule has 2 rings (SSSR count). The number of aryl methyl sites for hydroxylation is 1. The standard InChI is InChI=1S/C14H16ClN4O3/c1-3-22-12(20)5-7-19-6-4-10(8-17-19)13-16-9-11(15)14(18-13)21-2/h4,6,8-9H,3,5,7H2,1-2H3/q+1. The molecule has 0 spiro atoms. The van der Waals surface area contributed by atoms with E-state index in [2.05, 4.69) is 15.1 Å². The number of ether oxygens (including phenoxy) is 2. The molecule has 0 bridgehead atoms. The zero-order chi connectivity index (χ0) is 15.9. The van der Waals surface area contributed by atoms with E-state index in [0.717, 1.165) is 5.56 Å². The number of carbonyl (C=O) groups excluding carboxylic acids is 1. The molecule has 0 N–H and O–H groups in total. The number of halogens is 1. The highest BCUT2D eigenvalue weighted by molar-refractivity contribution is 6.31. The number of esters is 1. The van der Waals surface area contributed by atoms with E-state index >= 15 is 0 Å². The third-order valence-electron chi connectivity index (χ3n) is 2.79. The molecular formula is C14H16ClN4O3+. The predicted octanol–water partition coefficient (Wildman–Crippen LogP) is 1.44. The Balaban J connectivity index is 2.07. The average molecular weight is 324 g/mol. The van der Waals surface area contributed by atoms with Crippen molar-refractivity contribution < 1.29 is 19.0 Å². The summed E-state index contributed by atoms with van der Waals surface area (Å²) in [6.07, 6.45) is 5.12. The van der Waals surface area contributed by atoms with Crippen LogP contribution in [-0.4, -0.2) is 34.8 Å². The van der Waals surface area contributed by atoms with Crippen molar-refractivity contribution in [2.24, 2.45) is 0 Å². The van der Waals surface area contributed by atoms with Crippen LogP contribution in [0, 0.1) is 0 Å². The quantitative estimate of drug-likeness (QED) is 0.591. The molecule has 7 nitrogen and oxygen atoms in total. The van der Waals surface area contributed by atoms with Crippen molar-refractivity contribution in [3.8, 4) is 17.3 Å². The second-order valence-electron chi connectivity index (χ2n) is 4.28. The van der Waals surface area contributed by atoms with Crippen molar-refractivity contribution in [2.45, 2.75) is 19.9 Å². The number of aromatic nitrogens is 4. The van der Waals surface area contributed by atoms with Gasteiger partial charge in [-0.2, -0.15) is 4.98 Å². The Labute approximate surface area is 132 Å². The van der Waals surface area contributed by atoms with Crippen LogP contribution < -0.4 is 9.42 Å². The Morgan fingerprint density at radius 1 is 1.41 bits per heavy atom. The lowest BCUT2D eigenvalue weighted by molar-refractivity contribution is -0.752. The Kier molecular flexibility index (Phi) is 5.60. The molecule has 2 aromatic heterocycles. The largest absolute Gasteiger partial charge is 0.480 e. The zero-order valence-electron chi connectivity index (χ0n) is 12.3. The molecule has 22 heavy (non-hydrogen) atoms. The maximum atomic E-state index is 11.3. The molecule has 0 fully saturated rings. The topological polar surface area (TPSA) is 78.1 Å². The first-order valence-electron chi connectivity index (χ1n) is 6.72. The van der Waals surface area contributed by atoms with Crippen LogP contribution in [0.2, 0.25) is 5.02 Å². The van der Waals surface area contributed by atoms with Crippen molar-refractivity contribution in [1.82, 2.24) is 15.1 Å². The van der Waals surface area contributed by atoms with Crippen LogP contribution in [0.25, 0.3) is 11.4 Å². The van der Waals surface area contributed by atoms with Gasteiger partial charge in [0.2, 0.25) is 5.88 Å². The summed E-state index contributed by atoms with van der Waals surface area (Å²) in [5.41, 5.74) is 0.724. The van der Waals surface area contributed by atoms with Gasteiger partial charge >= 0.3 is 5.97 Å². The van der Waals surface area contributed by atoms with Gasteiger partial charge < -0.3 is 9.47 Å². The van der Waals surface area contributed by atoms with E-state index in [-0.39, 0.29) is 12.4 Å². The summed E-state index contributed by atoms with van der Waals surface area (Å²) < 4.78 is 11.6. The summed E-state index contributed by atoms with van der Waals surface area (Å²) in [7, 11) is 1.49. The summed E-state index contributed by atoms with van der Waals surface area (Å²) in [5, 5.41) is 4.57. The molecular weight excluding hydrogens is 308 g/mol. The second kappa shape index (κ2) is 7.65. The van der Waals surface area contributed by atoms with Crippen molar-refractivity contribution in [2.75, 3.05) is 13.7 Å². The monoisotopic (exact) mass is 323 g/mol. The summed E-state index contributed by atoms with van der Waals surface area (Å²) in [4.78, 5) is 19.6. The molecule has 0 aliphatic rings. The third-order valence-corrected chi connectivity index (χ3v) is 3.04. The fourth-order valence-electron chi connectivity index (χ4n) is 1.72. The summed E-state index contributed by atoms with van der Waals surface area (Å²) in [5.74, 6) is 0.531. The molecule has 0 saturated carbocycles. The summed E-state index contributed by atoms with van der Waals surface area (Å²) >= 11 is 5.89. The summed E-state index contributed by atoms with van der Waals surface area (Å²) in [6.45, 7) is 2.61. The fourth-order valence-corrected chi connectivity index (χ4v) is 1.89. The number of carbonyl (C=O) groups is 1. The Bertz CT molecular complexity index is 649. The van der Waals surface area contributed by atoms with Crippen molar-refractivity contribution in [3.63, 3.8) is 0 Å². The van der Waals surface area contributed by atoms with Gasteiger partial charge in [0, 0.05) is 11.6 Å². The van der Waals surface area contributed by atoms with Gasteiger partial charge in [0.25, 0.3) is 0 Å². The Morgan fingerprint density at radius 2 is 2.23 bits per heavy atom. The van der Waals surface area contributed by atoms with Gasteiger partial charge in [-0.3, -0.25) is 4.79 Å². The molecule has 0 unspecified atom stereocenters. The van der Waals surface area contributed by atoms with Crippen LogP contribution in [0.15, 0.2) is 24.7 Å². The predicted molar refractivity (Wildman–Crippen MR) is 78.3 cm³/mol. The van der Waals surface area contributed by atoms with E-state index < -0.39 is 0 Å². The van der Waals surface area contributed by atoms with Crippen LogP contribution in [0.5, 0.6) is 5.88 Å². The van der Waals surface area contributed by atoms with E-state index in [9.17, 15) is 4.79 Å². The average Bonchev–Trinajstić information content (AvgIpc) is 2.54. The van der Waals surface area contributed by atoms with E-state index in [4.69, 9.17) is 21.1 Å². The molecule has 2 aromatic rings. The van der Waals surface area contributed by atoms with Gasteiger partial charge in [0.05, 0.1) is 19.9 Å². The van der Waals surface area contributed by atoms with Crippen LogP contribution in [0.4, 0.5) is 0 Å². The maximum absolute atomic E-state index is 11.3. The van der Waals surface area contributed by atoms with Gasteiger partial charge in [-0.1, -0.05) is 16.3 Å². The van der Waals surface area contributed by atoms with Crippen LogP contribution >= 0.6 is 11.6 Å². The highest BCUT2D eigenvalue weighted by Gasteiger charge is 2.12. The molecule has 0 radical (unpaired) electrons. The zero-order valence-corrected chi connectivity index (χ0v) is 13.1. The first-order chi connectivity index (χ1) is 10.6. The number of nitrogens with zero attached hydrogens (tertiary/aromatic N) is 4. The number of hydrogen-bond donors (Lipinski definition) is 0. The molecule has 0 amide bonds. The molecule has 116 valence electrons. The van der Waals surface area contributed by atoms with E-state index in [1.165, 1.54) is 13.3 Å². The van der Waals surface area contributed by atoms with Crippen molar-refractivity contribution in [3.05, 3.63) is 29.7 Å². The summed E-state index contributed by atoms with van der Waals surface area (Å²) in [6, 6.07) is 1.81. The maximum Gasteiger partial charge on any atom is 0.312 e.